The molecule has 2 aromatic heterocycles. The van der Waals surface area contributed by atoms with E-state index in [4.69, 9.17) is 24.2 Å². The number of anilines is 1. The van der Waals surface area contributed by atoms with Gasteiger partial charge in [-0.3, -0.25) is 0 Å². The lowest BCUT2D eigenvalue weighted by Gasteiger charge is -2.38. The zero-order valence-corrected chi connectivity index (χ0v) is 32.3. The molecule has 0 amide bonds. The molecule has 1 saturated heterocycles. The van der Waals surface area contributed by atoms with Gasteiger partial charge in [0.05, 0.1) is 25.4 Å². The molecule has 0 unspecified atom stereocenters. The summed E-state index contributed by atoms with van der Waals surface area (Å²) in [6.07, 6.45) is 2.71. The quantitative estimate of drug-likeness (QED) is 0.0539. The Hall–Kier alpha value is -3.50. The smallest absolute Gasteiger partial charge is 0.227 e. The van der Waals surface area contributed by atoms with E-state index >= 15 is 8.78 Å². The minimum absolute atomic E-state index is 0.0232. The Morgan fingerprint density at radius 3 is 2.34 bits per heavy atom. The van der Waals surface area contributed by atoms with Crippen LogP contribution in [0.15, 0.2) is 29.4 Å². The normalized spacial score (nSPS) is 15.3. The number of hydrogen-bond acceptors (Lipinski definition) is 9. The first kappa shape index (κ1) is 37.7. The monoisotopic (exact) mass is 722 g/mol. The van der Waals surface area contributed by atoms with Crippen LogP contribution in [0.2, 0.25) is 16.6 Å². The predicted molar refractivity (Wildman–Crippen MR) is 201 cm³/mol. The molecule has 5 rings (SSSR count). The van der Waals surface area contributed by atoms with E-state index in [2.05, 4.69) is 58.0 Å². The van der Waals surface area contributed by atoms with Gasteiger partial charge in [-0.2, -0.15) is 0 Å². The number of benzene rings is 2. The van der Waals surface area contributed by atoms with E-state index in [0.29, 0.717) is 81.2 Å². The first-order valence-corrected chi connectivity index (χ1v) is 20.7. The largest absolute Gasteiger partial charge is 0.491 e. The van der Waals surface area contributed by atoms with Crippen LogP contribution in [0.4, 0.5) is 14.6 Å². The molecule has 0 spiro atoms. The van der Waals surface area contributed by atoms with E-state index in [0.717, 1.165) is 6.42 Å². The van der Waals surface area contributed by atoms with Crippen molar-refractivity contribution in [3.63, 3.8) is 0 Å². The van der Waals surface area contributed by atoms with Crippen LogP contribution in [0.25, 0.3) is 32.9 Å². The van der Waals surface area contributed by atoms with Crippen molar-refractivity contribution in [3.05, 3.63) is 41.5 Å². The van der Waals surface area contributed by atoms with Crippen molar-refractivity contribution in [1.82, 2.24) is 15.0 Å². The van der Waals surface area contributed by atoms with Gasteiger partial charge in [-0.1, -0.05) is 65.3 Å². The molecule has 268 valence electrons. The van der Waals surface area contributed by atoms with Crippen molar-refractivity contribution in [2.45, 2.75) is 82.3 Å². The molecule has 4 aromatic rings. The molecule has 1 N–H and O–H groups in total. The first-order valence-electron chi connectivity index (χ1n) is 17.2. The summed E-state index contributed by atoms with van der Waals surface area (Å²) in [7, 11) is 0.783. The number of aliphatic hydroxyl groups is 1. The van der Waals surface area contributed by atoms with Crippen molar-refractivity contribution in [2.24, 2.45) is 0 Å². The Morgan fingerprint density at radius 2 is 1.72 bits per heavy atom. The molecule has 3 heterocycles. The van der Waals surface area contributed by atoms with E-state index < -0.39 is 25.8 Å². The second kappa shape index (κ2) is 15.8. The maximum Gasteiger partial charge on any atom is 0.227 e. The summed E-state index contributed by atoms with van der Waals surface area (Å²) in [6.45, 7) is 14.8. The van der Waals surface area contributed by atoms with Gasteiger partial charge in [-0.15, -0.1) is 5.54 Å². The van der Waals surface area contributed by atoms with Gasteiger partial charge in [-0.05, 0) is 59.3 Å². The molecule has 2 aromatic carbocycles. The van der Waals surface area contributed by atoms with E-state index in [9.17, 15) is 5.11 Å². The summed E-state index contributed by atoms with van der Waals surface area (Å²) in [5, 5.41) is 12.2. The van der Waals surface area contributed by atoms with Crippen LogP contribution < -0.4 is 14.4 Å². The number of aromatic nitrogens is 3. The van der Waals surface area contributed by atoms with E-state index in [1.165, 1.54) is 24.9 Å². The van der Waals surface area contributed by atoms with Crippen LogP contribution >= 0.6 is 11.8 Å². The van der Waals surface area contributed by atoms with Gasteiger partial charge < -0.3 is 24.2 Å². The van der Waals surface area contributed by atoms with Crippen molar-refractivity contribution in [2.75, 3.05) is 51.7 Å². The number of pyridine rings is 1. The number of halogens is 2. The molecule has 1 atom stereocenters. The van der Waals surface area contributed by atoms with Gasteiger partial charge in [0.2, 0.25) is 5.88 Å². The Kier molecular flexibility index (Phi) is 11.9. The molecule has 1 fully saturated rings. The maximum atomic E-state index is 17.2. The number of rotatable bonds is 11. The summed E-state index contributed by atoms with van der Waals surface area (Å²) in [6, 6.07) is 6.54. The number of thioether (sulfide) groups is 1. The third-order valence-electron chi connectivity index (χ3n) is 9.91. The molecule has 0 bridgehead atoms. The second-order valence-corrected chi connectivity index (χ2v) is 20.1. The lowest BCUT2D eigenvalue weighted by Crippen LogP contribution is -2.43. The highest BCUT2D eigenvalue weighted by atomic mass is 32.2. The van der Waals surface area contributed by atoms with Crippen LogP contribution in [-0.4, -0.2) is 81.0 Å². The molecule has 0 aliphatic carbocycles. The number of nitrogens with zero attached hydrogens (tertiary/aromatic N) is 4. The van der Waals surface area contributed by atoms with Crippen molar-refractivity contribution in [1.29, 1.82) is 0 Å². The van der Waals surface area contributed by atoms with E-state index in [1.807, 2.05) is 11.2 Å². The van der Waals surface area contributed by atoms with Gasteiger partial charge in [0.15, 0.2) is 11.0 Å². The third-order valence-corrected chi connectivity index (χ3v) is 16.7. The summed E-state index contributed by atoms with van der Waals surface area (Å²) >= 11 is 1.29. The highest BCUT2D eigenvalue weighted by molar-refractivity contribution is 7.98. The minimum Gasteiger partial charge on any atom is -0.491 e. The first-order chi connectivity index (χ1) is 23.9. The molecular formula is C38H48F2N4O4SSi. The highest BCUT2D eigenvalue weighted by Gasteiger charge is 2.42. The SMILES string of the molecule is COCCOc1cc(-c2nc(OC)c3c(N4CCC[C@@H](O)C4)nc(SC)nc3c2F)c2c(C#C[Si](C(C)C)(C(C)C)C(C)C)c(F)ccc2c1. The van der Waals surface area contributed by atoms with Crippen LogP contribution in [-0.2, 0) is 4.74 Å². The lowest BCUT2D eigenvalue weighted by atomic mass is 9.95. The number of hydrogen-bond donors (Lipinski definition) is 1. The average molecular weight is 723 g/mol. The molecule has 12 heteroatoms. The van der Waals surface area contributed by atoms with E-state index in [-0.39, 0.29) is 29.3 Å². The molecule has 1 aliphatic heterocycles. The topological polar surface area (TPSA) is 89.8 Å². The van der Waals surface area contributed by atoms with E-state index in [1.54, 1.807) is 25.3 Å². The number of methoxy groups -OCH3 is 2. The Bertz CT molecular complexity index is 1910. The standard InChI is InChI=1S/C38H48F2N4O4SSi/c1-22(2)50(23(3)4,24(5)6)18-14-28-30(39)13-12-25-19-27(48-17-16-46-7)20-29(31(25)28)34-33(40)35-32(37(41-34)47-8)36(43-38(42-35)49-9)44-15-10-11-26(45)21-44/h12-13,19-20,22-24,26,45H,10-11,15-17,21H2,1-9H3/t26-/m1/s1. The second-order valence-electron chi connectivity index (χ2n) is 13.8. The fourth-order valence-electron chi connectivity index (χ4n) is 7.55. The van der Waals surface area contributed by atoms with Crippen molar-refractivity contribution < 1.29 is 28.1 Å². The number of fused-ring (bicyclic) bond motifs is 2. The Labute approximate surface area is 299 Å². The van der Waals surface area contributed by atoms with Crippen molar-refractivity contribution >= 4 is 47.3 Å². The van der Waals surface area contributed by atoms with Crippen LogP contribution in [0, 0.1) is 23.1 Å². The molecule has 0 saturated carbocycles. The van der Waals surface area contributed by atoms with Gasteiger partial charge in [-0.25, -0.2) is 23.7 Å². The molecule has 50 heavy (non-hydrogen) atoms. The number of piperidine rings is 1. The van der Waals surface area contributed by atoms with Gasteiger partial charge in [0.1, 0.15) is 48.7 Å². The fraction of sp³-hybridized carbons (Fsp3) is 0.500. The fourth-order valence-corrected chi connectivity index (χ4v) is 13.1. The summed E-state index contributed by atoms with van der Waals surface area (Å²) < 4.78 is 50.4. The number of aliphatic hydroxyl groups excluding tert-OH is 1. The Morgan fingerprint density at radius 1 is 1.00 bits per heavy atom. The van der Waals surface area contributed by atoms with Gasteiger partial charge in [0.25, 0.3) is 0 Å². The predicted octanol–water partition coefficient (Wildman–Crippen LogP) is 8.41. The average Bonchev–Trinajstić information content (AvgIpc) is 3.08. The van der Waals surface area contributed by atoms with Gasteiger partial charge in [0, 0.05) is 31.1 Å². The lowest BCUT2D eigenvalue weighted by molar-refractivity contribution is 0.146. The third kappa shape index (κ3) is 7.15. The summed E-state index contributed by atoms with van der Waals surface area (Å²) in [5.74, 6) is 3.13. The van der Waals surface area contributed by atoms with Crippen LogP contribution in [0.1, 0.15) is 59.9 Å². The zero-order valence-electron chi connectivity index (χ0n) is 30.5. The minimum atomic E-state index is -2.27. The summed E-state index contributed by atoms with van der Waals surface area (Å²) in [4.78, 5) is 16.0. The number of β-amino-alcohol motifs (C(OH)–C–C–N with tert-alkyl or cyclic N) is 1. The summed E-state index contributed by atoms with van der Waals surface area (Å²) in [5.41, 5.74) is 5.10. The molecule has 0 radical (unpaired) electrons. The highest BCUT2D eigenvalue weighted by Crippen LogP contribution is 2.44. The number of ether oxygens (including phenoxy) is 3. The Balaban J connectivity index is 1.87. The molecule has 1 aliphatic rings. The molecular weight excluding hydrogens is 675 g/mol. The molecule has 8 nitrogen and oxygen atoms in total. The zero-order chi connectivity index (χ0) is 36.3. The van der Waals surface area contributed by atoms with Crippen LogP contribution in [0.5, 0.6) is 11.6 Å². The van der Waals surface area contributed by atoms with Crippen molar-refractivity contribution in [3.8, 4) is 34.4 Å². The van der Waals surface area contributed by atoms with Gasteiger partial charge >= 0.3 is 0 Å². The maximum absolute atomic E-state index is 17.2. The van der Waals surface area contributed by atoms with Crippen LogP contribution in [0.3, 0.4) is 0 Å².